The summed E-state index contributed by atoms with van der Waals surface area (Å²) in [7, 11) is 0. The van der Waals surface area contributed by atoms with Crippen LogP contribution in [0.25, 0.3) is 17.0 Å². The lowest BCUT2D eigenvalue weighted by molar-refractivity contribution is 0.892. The molecule has 4 aromatic rings. The van der Waals surface area contributed by atoms with E-state index < -0.39 is 0 Å². The number of para-hydroxylation sites is 2. The van der Waals surface area contributed by atoms with Crippen LogP contribution in [0.4, 0.5) is 17.8 Å². The molecule has 0 aliphatic carbocycles. The quantitative estimate of drug-likeness (QED) is 0.513. The molecular formula is C14H14N10. The van der Waals surface area contributed by atoms with E-state index in [0.717, 1.165) is 11.0 Å². The first-order chi connectivity index (χ1) is 11.6. The monoisotopic (exact) mass is 322 g/mol. The second-order valence-electron chi connectivity index (χ2n) is 5.18. The molecule has 120 valence electrons. The number of hydrogen-bond donors (Lipinski definition) is 3. The molecule has 0 saturated heterocycles. The lowest BCUT2D eigenvalue weighted by Gasteiger charge is -2.08. The minimum atomic E-state index is 0.150. The second kappa shape index (κ2) is 5.26. The van der Waals surface area contributed by atoms with Crippen molar-refractivity contribution in [3.63, 3.8) is 0 Å². The fourth-order valence-corrected chi connectivity index (χ4v) is 2.41. The molecule has 0 unspecified atom stereocenters. The number of nitrogen functional groups attached to an aromatic ring is 1. The molecule has 0 aliphatic rings. The molecule has 0 spiro atoms. The molecule has 0 radical (unpaired) electrons. The Labute approximate surface area is 136 Å². The molecule has 3 heterocycles. The van der Waals surface area contributed by atoms with Gasteiger partial charge in [0.25, 0.3) is 0 Å². The summed E-state index contributed by atoms with van der Waals surface area (Å²) in [5.74, 6) is 2.72. The number of aryl methyl sites for hydroxylation is 2. The molecule has 0 fully saturated rings. The maximum atomic E-state index is 5.77. The fraction of sp³-hybridized carbons (Fsp3) is 0.143. The second-order valence-corrected chi connectivity index (χ2v) is 5.18. The number of fused-ring (bicyclic) bond motifs is 1. The normalized spacial score (nSPS) is 11.1. The minimum Gasteiger partial charge on any atom is -0.368 e. The third kappa shape index (κ3) is 2.39. The molecule has 3 aromatic heterocycles. The van der Waals surface area contributed by atoms with Gasteiger partial charge in [0.1, 0.15) is 11.6 Å². The highest BCUT2D eigenvalue weighted by Crippen LogP contribution is 2.24. The summed E-state index contributed by atoms with van der Waals surface area (Å²) in [4.78, 5) is 20.2. The molecular weight excluding hydrogens is 308 g/mol. The summed E-state index contributed by atoms with van der Waals surface area (Å²) in [5, 5.41) is 11.0. The van der Waals surface area contributed by atoms with Gasteiger partial charge in [0.2, 0.25) is 23.8 Å². The third-order valence-electron chi connectivity index (χ3n) is 3.34. The number of aromatic nitrogens is 8. The number of nitrogens with zero attached hydrogens (tertiary/aromatic N) is 7. The molecule has 1 aromatic carbocycles. The van der Waals surface area contributed by atoms with Crippen LogP contribution in [0.1, 0.15) is 11.6 Å². The molecule has 0 amide bonds. The van der Waals surface area contributed by atoms with Crippen LogP contribution in [0.15, 0.2) is 24.3 Å². The van der Waals surface area contributed by atoms with Crippen LogP contribution in [0, 0.1) is 13.8 Å². The van der Waals surface area contributed by atoms with E-state index in [2.05, 4.69) is 40.4 Å². The molecule has 0 saturated carbocycles. The summed E-state index contributed by atoms with van der Waals surface area (Å²) in [6, 6.07) is 7.66. The Hall–Kier alpha value is -3.56. The van der Waals surface area contributed by atoms with Crippen LogP contribution in [0.5, 0.6) is 0 Å². The van der Waals surface area contributed by atoms with E-state index in [1.807, 2.05) is 31.2 Å². The van der Waals surface area contributed by atoms with Gasteiger partial charge in [0.15, 0.2) is 0 Å². The maximum Gasteiger partial charge on any atom is 0.242 e. The van der Waals surface area contributed by atoms with E-state index >= 15 is 0 Å². The van der Waals surface area contributed by atoms with Gasteiger partial charge in [-0.15, -0.1) is 10.2 Å². The Balaban J connectivity index is 1.92. The van der Waals surface area contributed by atoms with Crippen molar-refractivity contribution in [3.8, 4) is 5.95 Å². The van der Waals surface area contributed by atoms with E-state index in [4.69, 9.17) is 5.73 Å². The lowest BCUT2D eigenvalue weighted by atomic mass is 10.3. The van der Waals surface area contributed by atoms with Gasteiger partial charge in [-0.3, -0.25) is 5.32 Å². The molecule has 10 heteroatoms. The van der Waals surface area contributed by atoms with Crippen molar-refractivity contribution in [2.75, 3.05) is 11.1 Å². The van der Waals surface area contributed by atoms with Crippen molar-refractivity contribution in [1.29, 1.82) is 0 Å². The molecule has 10 nitrogen and oxygen atoms in total. The zero-order valence-corrected chi connectivity index (χ0v) is 13.0. The van der Waals surface area contributed by atoms with Gasteiger partial charge in [0.05, 0.1) is 11.0 Å². The average molecular weight is 322 g/mol. The van der Waals surface area contributed by atoms with Gasteiger partial charge in [-0.2, -0.15) is 15.0 Å². The highest BCUT2D eigenvalue weighted by molar-refractivity contribution is 5.81. The summed E-state index contributed by atoms with van der Waals surface area (Å²) >= 11 is 0. The van der Waals surface area contributed by atoms with Crippen molar-refractivity contribution in [1.82, 2.24) is 39.7 Å². The number of H-pyrrole nitrogens is 1. The van der Waals surface area contributed by atoms with E-state index in [1.165, 1.54) is 0 Å². The van der Waals surface area contributed by atoms with Crippen molar-refractivity contribution in [2.24, 2.45) is 0 Å². The first-order valence-corrected chi connectivity index (χ1v) is 7.22. The fourth-order valence-electron chi connectivity index (χ4n) is 2.41. The minimum absolute atomic E-state index is 0.150. The van der Waals surface area contributed by atoms with E-state index in [-0.39, 0.29) is 5.95 Å². The summed E-state index contributed by atoms with van der Waals surface area (Å²) in [6.45, 7) is 3.57. The van der Waals surface area contributed by atoms with Crippen LogP contribution in [-0.4, -0.2) is 39.7 Å². The van der Waals surface area contributed by atoms with Crippen molar-refractivity contribution >= 4 is 28.9 Å². The third-order valence-corrected chi connectivity index (χ3v) is 3.34. The molecule has 0 atom stereocenters. The number of rotatable bonds is 3. The SMILES string of the molecule is Cc1nc(N)nc(-n2c(Nc3nnc(C)[nH]3)nc3ccccc32)n1. The number of nitrogens with one attached hydrogen (secondary N) is 2. The van der Waals surface area contributed by atoms with E-state index in [9.17, 15) is 0 Å². The van der Waals surface area contributed by atoms with Crippen molar-refractivity contribution < 1.29 is 0 Å². The molecule has 0 aliphatic heterocycles. The summed E-state index contributed by atoms with van der Waals surface area (Å²) < 4.78 is 1.76. The standard InChI is InChI=1S/C14H14N10/c1-7-16-11(15)20-13(18-7)24-10-6-4-3-5-9(10)19-14(24)21-12-17-8(2)22-23-12/h3-6H,1-2H3,(H2,15,16,18,20)(H2,17,19,21,22,23). The van der Waals surface area contributed by atoms with Crippen LogP contribution >= 0.6 is 0 Å². The van der Waals surface area contributed by atoms with Gasteiger partial charge in [0, 0.05) is 0 Å². The number of nitrogens with two attached hydrogens (primary N) is 1. The summed E-state index contributed by atoms with van der Waals surface area (Å²) in [5.41, 5.74) is 7.39. The lowest BCUT2D eigenvalue weighted by Crippen LogP contribution is -2.10. The molecule has 4 rings (SSSR count). The predicted octanol–water partition coefficient (Wildman–Crippen LogP) is 1.27. The molecule has 0 bridgehead atoms. The highest BCUT2D eigenvalue weighted by Gasteiger charge is 2.16. The van der Waals surface area contributed by atoms with Crippen LogP contribution in [0.3, 0.4) is 0 Å². The highest BCUT2D eigenvalue weighted by atomic mass is 15.4. The topological polar surface area (TPSA) is 136 Å². The first kappa shape index (κ1) is 14.1. The van der Waals surface area contributed by atoms with Gasteiger partial charge >= 0.3 is 0 Å². The Morgan fingerprint density at radius 2 is 1.88 bits per heavy atom. The van der Waals surface area contributed by atoms with Crippen LogP contribution < -0.4 is 11.1 Å². The first-order valence-electron chi connectivity index (χ1n) is 7.22. The van der Waals surface area contributed by atoms with Crippen molar-refractivity contribution in [3.05, 3.63) is 35.9 Å². The number of aromatic amines is 1. The van der Waals surface area contributed by atoms with E-state index in [0.29, 0.717) is 29.5 Å². The number of imidazole rings is 1. The largest absolute Gasteiger partial charge is 0.368 e. The number of hydrogen-bond acceptors (Lipinski definition) is 8. The van der Waals surface area contributed by atoms with Gasteiger partial charge in [-0.1, -0.05) is 12.1 Å². The Bertz CT molecular complexity index is 1010. The zero-order chi connectivity index (χ0) is 16.7. The predicted molar refractivity (Wildman–Crippen MR) is 88.0 cm³/mol. The maximum absolute atomic E-state index is 5.77. The Morgan fingerprint density at radius 3 is 2.62 bits per heavy atom. The summed E-state index contributed by atoms with van der Waals surface area (Å²) in [6.07, 6.45) is 0. The number of benzene rings is 1. The van der Waals surface area contributed by atoms with Crippen molar-refractivity contribution in [2.45, 2.75) is 13.8 Å². The zero-order valence-electron chi connectivity index (χ0n) is 13.0. The Kier molecular flexibility index (Phi) is 3.08. The molecule has 24 heavy (non-hydrogen) atoms. The van der Waals surface area contributed by atoms with Crippen LogP contribution in [-0.2, 0) is 0 Å². The smallest absolute Gasteiger partial charge is 0.242 e. The van der Waals surface area contributed by atoms with Gasteiger partial charge < -0.3 is 10.7 Å². The van der Waals surface area contributed by atoms with Gasteiger partial charge in [-0.25, -0.2) is 9.55 Å². The molecule has 4 N–H and O–H groups in total. The van der Waals surface area contributed by atoms with Crippen LogP contribution in [0.2, 0.25) is 0 Å². The van der Waals surface area contributed by atoms with E-state index in [1.54, 1.807) is 11.5 Å². The number of anilines is 3. The average Bonchev–Trinajstić information content (AvgIpc) is 3.09. The Morgan fingerprint density at radius 1 is 1.04 bits per heavy atom. The van der Waals surface area contributed by atoms with Gasteiger partial charge in [-0.05, 0) is 26.0 Å².